The molecule has 10 heteroatoms. The monoisotopic (exact) mass is 1490 g/mol. The van der Waals surface area contributed by atoms with Gasteiger partial charge in [-0.2, -0.15) is 0 Å². The summed E-state index contributed by atoms with van der Waals surface area (Å²) in [6.45, 7) is 0. The van der Waals surface area contributed by atoms with E-state index in [1.807, 2.05) is 267 Å². The van der Waals surface area contributed by atoms with Crippen molar-refractivity contribution in [3.63, 3.8) is 0 Å². The Kier molecular flexibility index (Phi) is 23.1. The number of aromatic nitrogens is 6. The van der Waals surface area contributed by atoms with Gasteiger partial charge in [0.05, 0.1) is 11.2 Å². The van der Waals surface area contributed by atoms with E-state index in [4.69, 9.17) is 8.83 Å². The van der Waals surface area contributed by atoms with Crippen LogP contribution in [0.5, 0.6) is 0 Å². The summed E-state index contributed by atoms with van der Waals surface area (Å²) in [7, 11) is 0. The number of hydrogen-bond acceptors (Lipinski definition) is 8. The van der Waals surface area contributed by atoms with Crippen molar-refractivity contribution in [1.82, 2.24) is 29.9 Å². The molecular weight excluding hydrogens is 1440 g/mol. The summed E-state index contributed by atoms with van der Waals surface area (Å²) < 4.78 is 11.8. The third-order valence-corrected chi connectivity index (χ3v) is 13.1. The first-order chi connectivity index (χ1) is 42.7. The number of fused-ring (bicyclic) bond motifs is 6. The maximum atomic E-state index is 5.97. The zero-order chi connectivity index (χ0) is 58.2. The number of benzene rings is 8. The van der Waals surface area contributed by atoms with E-state index in [0.717, 1.165) is 111 Å². The van der Waals surface area contributed by atoms with Gasteiger partial charge in [-0.15, -0.1) is 179 Å². The topological polar surface area (TPSA) is 104 Å². The van der Waals surface area contributed by atoms with Crippen LogP contribution in [0.25, 0.3) is 111 Å². The first-order valence-corrected chi connectivity index (χ1v) is 27.7. The fourth-order valence-electron chi connectivity index (χ4n) is 9.02. The van der Waals surface area contributed by atoms with Crippen molar-refractivity contribution in [1.29, 1.82) is 0 Å². The molecule has 8 aromatic heterocycles. The molecule has 0 atom stereocenters. The zero-order valence-corrected chi connectivity index (χ0v) is 52.0. The first-order valence-electron chi connectivity index (χ1n) is 27.7. The summed E-state index contributed by atoms with van der Waals surface area (Å²) >= 11 is 0. The molecule has 424 valence electrons. The largest absolute Gasteiger partial charge is 3.00 e. The molecule has 8 aromatic carbocycles. The molecule has 0 aliphatic rings. The Morgan fingerprint density at radius 1 is 0.239 bits per heavy atom. The van der Waals surface area contributed by atoms with Gasteiger partial charge < -0.3 is 38.7 Å². The van der Waals surface area contributed by atoms with Crippen LogP contribution in [0, 0.1) is 36.4 Å². The van der Waals surface area contributed by atoms with Gasteiger partial charge in [0.25, 0.3) is 0 Å². The van der Waals surface area contributed by atoms with Crippen LogP contribution in [0.15, 0.2) is 325 Å². The molecule has 0 N–H and O–H groups in total. The summed E-state index contributed by atoms with van der Waals surface area (Å²) in [4.78, 5) is 25.6. The van der Waals surface area contributed by atoms with Crippen LogP contribution in [0.2, 0.25) is 0 Å². The predicted octanol–water partition coefficient (Wildman–Crippen LogP) is 19.1. The second-order valence-corrected chi connectivity index (χ2v) is 18.8. The van der Waals surface area contributed by atoms with E-state index < -0.39 is 0 Å². The molecule has 16 rings (SSSR count). The molecule has 0 aliphatic carbocycles. The van der Waals surface area contributed by atoms with Gasteiger partial charge in [0, 0.05) is 42.6 Å². The fraction of sp³-hybridized carbons (Fsp3) is 0. The van der Waals surface area contributed by atoms with Crippen molar-refractivity contribution in [2.45, 2.75) is 0 Å². The van der Waals surface area contributed by atoms with Crippen molar-refractivity contribution in [3.05, 3.63) is 353 Å². The van der Waals surface area contributed by atoms with Gasteiger partial charge in [-0.25, -0.2) is 0 Å². The molecule has 0 spiro atoms. The van der Waals surface area contributed by atoms with Crippen LogP contribution in [0.1, 0.15) is 0 Å². The molecule has 0 aliphatic heterocycles. The average Bonchev–Trinajstić information content (AvgIpc) is 2.03. The summed E-state index contributed by atoms with van der Waals surface area (Å²) in [5.74, 6) is 0. The third kappa shape index (κ3) is 16.7. The third-order valence-electron chi connectivity index (χ3n) is 13.1. The number of rotatable bonds is 6. The Bertz CT molecular complexity index is 4150. The smallest absolute Gasteiger partial charge is 0.501 e. The maximum Gasteiger partial charge on any atom is 3.00 e. The Morgan fingerprint density at radius 2 is 0.580 bits per heavy atom. The van der Waals surface area contributed by atoms with E-state index in [-0.39, 0.29) is 40.2 Å². The van der Waals surface area contributed by atoms with E-state index in [2.05, 4.69) is 78.4 Å². The van der Waals surface area contributed by atoms with Gasteiger partial charge in [-0.05, 0) is 88.1 Å². The standard InChI is InChI=1S/2C17H10NO.4C11H8N.2Ir/c1-2-10-16-12(6-1)13-7-5-8-14(17(13)19-16)15-9-3-4-11-18-15;1-2-7-16-13(5-1)14-9-8-12(11-17(14)19-16)15-6-3-4-10-18-15;4*1-2-6-10(7-3-1)11-8-4-5-9-12-11;;/h2*1-7,9-11H;4*1-6,8-9H;;/q6*-1;2*+3. The quantitative estimate of drug-likeness (QED) is 0.152. The Hall–Kier alpha value is -10.4. The van der Waals surface area contributed by atoms with Gasteiger partial charge in [0.2, 0.25) is 0 Å². The van der Waals surface area contributed by atoms with Crippen molar-refractivity contribution in [2.24, 2.45) is 0 Å². The summed E-state index contributed by atoms with van der Waals surface area (Å²) in [5.41, 5.74) is 15.2. The van der Waals surface area contributed by atoms with Crippen molar-refractivity contribution >= 4 is 43.9 Å². The molecule has 0 saturated heterocycles. The minimum Gasteiger partial charge on any atom is -0.501 e. The maximum absolute atomic E-state index is 5.97. The molecule has 8 nitrogen and oxygen atoms in total. The van der Waals surface area contributed by atoms with E-state index in [1.54, 1.807) is 37.2 Å². The normalized spacial score (nSPS) is 10.1. The molecule has 0 amide bonds. The van der Waals surface area contributed by atoms with E-state index >= 15 is 0 Å². The summed E-state index contributed by atoms with van der Waals surface area (Å²) in [6.07, 6.45) is 10.7. The number of para-hydroxylation sites is 2. The van der Waals surface area contributed by atoms with E-state index in [1.165, 1.54) is 0 Å². The van der Waals surface area contributed by atoms with Gasteiger partial charge in [-0.3, -0.25) is 0 Å². The van der Waals surface area contributed by atoms with Gasteiger partial charge in [0.1, 0.15) is 11.2 Å². The predicted molar refractivity (Wildman–Crippen MR) is 346 cm³/mol. The van der Waals surface area contributed by atoms with Crippen LogP contribution in [0.4, 0.5) is 0 Å². The van der Waals surface area contributed by atoms with Crippen LogP contribution in [-0.2, 0) is 40.2 Å². The van der Waals surface area contributed by atoms with Gasteiger partial charge in [-0.1, -0.05) is 132 Å². The second-order valence-electron chi connectivity index (χ2n) is 18.8. The second kappa shape index (κ2) is 32.7. The van der Waals surface area contributed by atoms with Gasteiger partial charge in [0.15, 0.2) is 0 Å². The van der Waals surface area contributed by atoms with Crippen molar-refractivity contribution < 1.29 is 49.0 Å². The average molecular weight is 1490 g/mol. The number of pyridine rings is 6. The molecule has 16 aromatic rings. The number of furan rings is 2. The Morgan fingerprint density at radius 3 is 0.955 bits per heavy atom. The fourth-order valence-corrected chi connectivity index (χ4v) is 9.02. The molecule has 0 radical (unpaired) electrons. The summed E-state index contributed by atoms with van der Waals surface area (Å²) in [6, 6.07) is 110. The molecule has 0 saturated carbocycles. The zero-order valence-electron chi connectivity index (χ0n) is 47.2. The van der Waals surface area contributed by atoms with Crippen LogP contribution in [-0.4, -0.2) is 29.9 Å². The van der Waals surface area contributed by atoms with E-state index in [9.17, 15) is 0 Å². The minimum atomic E-state index is 0. The van der Waals surface area contributed by atoms with Crippen molar-refractivity contribution in [2.75, 3.05) is 0 Å². The Labute approximate surface area is 539 Å². The minimum absolute atomic E-state index is 0. The number of hydrogen-bond donors (Lipinski definition) is 0. The van der Waals surface area contributed by atoms with Crippen LogP contribution in [0.3, 0.4) is 0 Å². The van der Waals surface area contributed by atoms with Crippen LogP contribution >= 0.6 is 0 Å². The molecule has 0 unspecified atom stereocenters. The van der Waals surface area contributed by atoms with Crippen molar-refractivity contribution in [3.8, 4) is 67.5 Å². The Balaban J connectivity index is 0.000000127. The SMILES string of the molecule is [Ir+3].[Ir+3].[c-]1cc2c(cc1-c1ccccn1)oc1ccccc12.[c-]1ccc2c(oc3ccccc32)c1-c1ccccn1.[c-]1ccccc1-c1ccccn1.[c-]1ccccc1-c1ccccn1.[c-]1ccccc1-c1ccccn1.[c-]1ccccc1-c1ccccn1. The van der Waals surface area contributed by atoms with Crippen LogP contribution < -0.4 is 0 Å². The molecule has 8 heterocycles. The first kappa shape index (κ1) is 62.1. The molecule has 0 fully saturated rings. The molecular formula is C78H52Ir2N6O2. The molecule has 88 heavy (non-hydrogen) atoms. The number of nitrogens with zero attached hydrogens (tertiary/aromatic N) is 6. The van der Waals surface area contributed by atoms with Gasteiger partial charge >= 0.3 is 40.2 Å². The summed E-state index contributed by atoms with van der Waals surface area (Å²) in [5, 5.41) is 4.45. The van der Waals surface area contributed by atoms with E-state index in [0.29, 0.717) is 0 Å². The molecule has 0 bridgehead atoms.